The van der Waals surface area contributed by atoms with Gasteiger partial charge in [0, 0.05) is 17.5 Å². The lowest BCUT2D eigenvalue weighted by Gasteiger charge is -2.27. The molecule has 3 heterocycles. The number of nitrogens with zero attached hydrogens (tertiary/aromatic N) is 5. The summed E-state index contributed by atoms with van der Waals surface area (Å²) in [7, 11) is 1.63. The Bertz CT molecular complexity index is 1610. The summed E-state index contributed by atoms with van der Waals surface area (Å²) in [5.41, 5.74) is 5.02. The highest BCUT2D eigenvalue weighted by atomic mass is 16.6. The minimum Gasteiger partial charge on any atom is -0.508 e. The van der Waals surface area contributed by atoms with Crippen molar-refractivity contribution >= 4 is 11.4 Å². The van der Waals surface area contributed by atoms with E-state index < -0.39 is 0 Å². The molecule has 0 saturated carbocycles. The van der Waals surface area contributed by atoms with E-state index in [0.29, 0.717) is 23.1 Å². The number of phenols is 1. The van der Waals surface area contributed by atoms with E-state index in [4.69, 9.17) is 19.3 Å². The summed E-state index contributed by atoms with van der Waals surface area (Å²) in [5, 5.41) is 18.8. The third kappa shape index (κ3) is 4.20. The Morgan fingerprint density at radius 1 is 1.08 bits per heavy atom. The Morgan fingerprint density at radius 3 is 2.68 bits per heavy atom. The van der Waals surface area contributed by atoms with Crippen LogP contribution in [0.5, 0.6) is 23.1 Å². The van der Waals surface area contributed by atoms with E-state index in [9.17, 15) is 5.11 Å². The number of rotatable bonds is 6. The largest absolute Gasteiger partial charge is 0.508 e. The standard InChI is InChI=1S/C28H23N5O4/c1-17(18-8-11-21(35-2)12-9-18)32-36-15-24-30-27-26-25(19-6-4-3-5-7-19)22-13-10-20(34)14-23(22)37-28(26)29-16-33(27)31-24/h3-14,16,25,34H,15H2,1-2H3. The Balaban J connectivity index is 1.33. The van der Waals surface area contributed by atoms with Crippen molar-refractivity contribution in [2.24, 2.45) is 5.16 Å². The lowest BCUT2D eigenvalue weighted by atomic mass is 9.84. The maximum atomic E-state index is 10.0. The first kappa shape index (κ1) is 22.5. The number of methoxy groups -OCH3 is 1. The Kier molecular flexibility index (Phi) is 5.65. The van der Waals surface area contributed by atoms with Crippen molar-refractivity contribution in [3.63, 3.8) is 0 Å². The monoisotopic (exact) mass is 493 g/mol. The number of hydrogen-bond donors (Lipinski definition) is 1. The molecule has 0 saturated heterocycles. The number of benzene rings is 3. The number of phenolic OH excluding ortho intramolecular Hbond substituents is 1. The van der Waals surface area contributed by atoms with Crippen LogP contribution < -0.4 is 9.47 Å². The van der Waals surface area contributed by atoms with Gasteiger partial charge in [-0.1, -0.05) is 41.6 Å². The number of fused-ring (bicyclic) bond motifs is 4. The van der Waals surface area contributed by atoms with Crippen LogP contribution in [0.15, 0.2) is 84.3 Å². The molecule has 5 aromatic rings. The summed E-state index contributed by atoms with van der Waals surface area (Å²) >= 11 is 0. The van der Waals surface area contributed by atoms with Crippen molar-refractivity contribution in [1.82, 2.24) is 19.6 Å². The van der Waals surface area contributed by atoms with Crippen LogP contribution in [0.25, 0.3) is 5.65 Å². The van der Waals surface area contributed by atoms with Gasteiger partial charge in [0.25, 0.3) is 0 Å². The molecular weight excluding hydrogens is 470 g/mol. The number of oxime groups is 1. The van der Waals surface area contributed by atoms with Gasteiger partial charge in [-0.05, 0) is 48.4 Å². The first-order valence-corrected chi connectivity index (χ1v) is 11.7. The molecule has 37 heavy (non-hydrogen) atoms. The van der Waals surface area contributed by atoms with Gasteiger partial charge in [-0.2, -0.15) is 0 Å². The fraction of sp³-hybridized carbons (Fsp3) is 0.143. The van der Waals surface area contributed by atoms with Crippen molar-refractivity contribution in [3.05, 3.63) is 107 Å². The molecule has 0 aliphatic carbocycles. The summed E-state index contributed by atoms with van der Waals surface area (Å²) in [4.78, 5) is 14.8. The first-order chi connectivity index (χ1) is 18.1. The van der Waals surface area contributed by atoms with Gasteiger partial charge in [-0.25, -0.2) is 14.5 Å². The topological polar surface area (TPSA) is 103 Å². The third-order valence-corrected chi connectivity index (χ3v) is 6.27. The zero-order chi connectivity index (χ0) is 25.4. The highest BCUT2D eigenvalue weighted by molar-refractivity contribution is 5.98. The fourth-order valence-corrected chi connectivity index (χ4v) is 4.47. The molecule has 0 radical (unpaired) electrons. The van der Waals surface area contributed by atoms with Crippen molar-refractivity contribution < 1.29 is 19.4 Å². The third-order valence-electron chi connectivity index (χ3n) is 6.27. The van der Waals surface area contributed by atoms with Crippen LogP contribution in [0.2, 0.25) is 0 Å². The van der Waals surface area contributed by atoms with E-state index >= 15 is 0 Å². The molecule has 9 nitrogen and oxygen atoms in total. The minimum atomic E-state index is -0.204. The summed E-state index contributed by atoms with van der Waals surface area (Å²) in [6.45, 7) is 1.96. The van der Waals surface area contributed by atoms with Gasteiger partial charge in [-0.15, -0.1) is 5.10 Å². The van der Waals surface area contributed by atoms with Crippen LogP contribution in [0, 0.1) is 0 Å². The van der Waals surface area contributed by atoms with Gasteiger partial charge >= 0.3 is 0 Å². The predicted octanol–water partition coefficient (Wildman–Crippen LogP) is 5.07. The predicted molar refractivity (Wildman–Crippen MR) is 136 cm³/mol. The number of ether oxygens (including phenoxy) is 2. The van der Waals surface area contributed by atoms with Gasteiger partial charge in [0.2, 0.25) is 5.88 Å². The average Bonchev–Trinajstić information content (AvgIpc) is 3.35. The molecule has 3 aromatic carbocycles. The molecule has 1 aliphatic rings. The molecule has 0 amide bonds. The SMILES string of the molecule is COc1ccc(C(C)=NOCc2nc3c4c(ncn3n2)Oc2cc(O)ccc2C4c2ccccc2)cc1. The molecule has 1 atom stereocenters. The smallest absolute Gasteiger partial charge is 0.228 e. The molecule has 1 unspecified atom stereocenters. The summed E-state index contributed by atoms with van der Waals surface area (Å²) in [6, 6.07) is 22.8. The maximum absolute atomic E-state index is 10.0. The summed E-state index contributed by atoms with van der Waals surface area (Å²) < 4.78 is 12.9. The van der Waals surface area contributed by atoms with E-state index in [1.165, 1.54) is 0 Å². The summed E-state index contributed by atoms with van der Waals surface area (Å²) in [5.74, 6) is 2.15. The fourth-order valence-electron chi connectivity index (χ4n) is 4.47. The molecule has 184 valence electrons. The van der Waals surface area contributed by atoms with Crippen molar-refractivity contribution in [3.8, 4) is 23.1 Å². The van der Waals surface area contributed by atoms with Crippen LogP contribution >= 0.6 is 0 Å². The van der Waals surface area contributed by atoms with E-state index in [0.717, 1.165) is 33.7 Å². The number of hydrogen-bond acceptors (Lipinski definition) is 8. The lowest BCUT2D eigenvalue weighted by Crippen LogP contribution is -2.14. The highest BCUT2D eigenvalue weighted by Crippen LogP contribution is 2.48. The number of aromatic hydroxyl groups is 1. The van der Waals surface area contributed by atoms with Gasteiger partial charge in [0.15, 0.2) is 18.1 Å². The zero-order valence-electron chi connectivity index (χ0n) is 20.2. The van der Waals surface area contributed by atoms with Gasteiger partial charge in [0.05, 0.1) is 18.4 Å². The van der Waals surface area contributed by atoms with E-state index in [1.54, 1.807) is 30.1 Å². The van der Waals surface area contributed by atoms with Crippen LogP contribution in [-0.2, 0) is 11.4 Å². The van der Waals surface area contributed by atoms with Gasteiger partial charge < -0.3 is 19.4 Å². The van der Waals surface area contributed by atoms with Crippen molar-refractivity contribution in [1.29, 1.82) is 0 Å². The Morgan fingerprint density at radius 2 is 1.89 bits per heavy atom. The van der Waals surface area contributed by atoms with Gasteiger partial charge in [0.1, 0.15) is 23.6 Å². The zero-order valence-corrected chi connectivity index (χ0v) is 20.2. The molecule has 1 N–H and O–H groups in total. The summed E-state index contributed by atoms with van der Waals surface area (Å²) in [6.07, 6.45) is 1.56. The van der Waals surface area contributed by atoms with E-state index in [-0.39, 0.29) is 18.3 Å². The normalized spacial score (nSPS) is 14.5. The van der Waals surface area contributed by atoms with Gasteiger partial charge in [-0.3, -0.25) is 0 Å². The quantitative estimate of drug-likeness (QED) is 0.255. The molecule has 0 fully saturated rings. The lowest BCUT2D eigenvalue weighted by molar-refractivity contribution is 0.125. The minimum absolute atomic E-state index is 0.0886. The second kappa shape index (κ2) is 9.27. The van der Waals surface area contributed by atoms with Crippen molar-refractivity contribution in [2.75, 3.05) is 7.11 Å². The van der Waals surface area contributed by atoms with Crippen LogP contribution in [-0.4, -0.2) is 37.5 Å². The highest BCUT2D eigenvalue weighted by Gasteiger charge is 2.33. The molecular formula is C28H23N5O4. The second-order valence-corrected chi connectivity index (χ2v) is 8.61. The molecule has 0 spiro atoms. The molecule has 1 aliphatic heterocycles. The maximum Gasteiger partial charge on any atom is 0.228 e. The van der Waals surface area contributed by atoms with Crippen LogP contribution in [0.3, 0.4) is 0 Å². The Hall–Kier alpha value is -4.92. The molecule has 2 aromatic heterocycles. The first-order valence-electron chi connectivity index (χ1n) is 11.7. The number of aromatic nitrogens is 4. The van der Waals surface area contributed by atoms with Crippen molar-refractivity contribution in [2.45, 2.75) is 19.4 Å². The average molecular weight is 494 g/mol. The van der Waals surface area contributed by atoms with E-state index in [1.807, 2.05) is 55.5 Å². The Labute approximate surface area is 212 Å². The van der Waals surface area contributed by atoms with Crippen LogP contribution in [0.4, 0.5) is 0 Å². The molecule has 6 rings (SSSR count). The van der Waals surface area contributed by atoms with Crippen LogP contribution in [0.1, 0.15) is 40.9 Å². The molecule has 9 heteroatoms. The second-order valence-electron chi connectivity index (χ2n) is 8.61. The molecule has 0 bridgehead atoms. The van der Waals surface area contributed by atoms with E-state index in [2.05, 4.69) is 27.4 Å².